The van der Waals surface area contributed by atoms with Crippen molar-refractivity contribution in [2.24, 2.45) is 0 Å². The van der Waals surface area contributed by atoms with Gasteiger partial charge in [0, 0.05) is 6.54 Å². The lowest BCUT2D eigenvalue weighted by molar-refractivity contribution is 0.311. The number of aliphatic hydroxyl groups excluding tert-OH is 1. The van der Waals surface area contributed by atoms with Gasteiger partial charge in [0.2, 0.25) is 0 Å². The summed E-state index contributed by atoms with van der Waals surface area (Å²) in [4.78, 5) is 3.90. The Morgan fingerprint density at radius 1 is 1.62 bits per heavy atom. The number of pyridine rings is 1. The average Bonchev–Trinajstić information content (AvgIpc) is 2.15. The topological polar surface area (TPSA) is 68.9 Å². The molecular weight excluding hydrogens is 190 g/mol. The number of aliphatic hydroxyl groups is 1. The Morgan fingerprint density at radius 3 is 2.92 bits per heavy atom. The van der Waals surface area contributed by atoms with Gasteiger partial charge in [-0.15, -0.1) is 0 Å². The Bertz CT molecular complexity index is 335. The summed E-state index contributed by atoms with van der Waals surface area (Å²) < 4.78 is 0. The molecule has 0 unspecified atom stereocenters. The van der Waals surface area contributed by atoms with Crippen molar-refractivity contribution in [2.75, 3.05) is 18.5 Å². The molecule has 1 heterocycles. The molecule has 0 aliphatic carbocycles. The first-order valence-electron chi connectivity index (χ1n) is 3.69. The molecule has 0 aliphatic heterocycles. The van der Waals surface area contributed by atoms with Crippen molar-refractivity contribution >= 4 is 17.4 Å². The molecule has 1 aromatic heterocycles. The summed E-state index contributed by atoms with van der Waals surface area (Å²) in [5, 5.41) is 20.1. The third-order valence-corrected chi connectivity index (χ3v) is 1.68. The van der Waals surface area contributed by atoms with Crippen LogP contribution in [0.2, 0.25) is 5.15 Å². The Morgan fingerprint density at radius 2 is 2.38 bits per heavy atom. The maximum absolute atomic E-state index is 8.55. The maximum Gasteiger partial charge on any atom is 0.149 e. The van der Waals surface area contributed by atoms with Crippen molar-refractivity contribution in [3.8, 4) is 6.07 Å². The minimum absolute atomic E-state index is 0.0271. The van der Waals surface area contributed by atoms with Crippen LogP contribution in [0.5, 0.6) is 0 Å². The summed E-state index contributed by atoms with van der Waals surface area (Å²) >= 11 is 5.67. The summed E-state index contributed by atoms with van der Waals surface area (Å²) in [5.74, 6) is 0.554. The zero-order valence-electron chi connectivity index (χ0n) is 6.79. The lowest BCUT2D eigenvalue weighted by Gasteiger charge is -2.03. The third kappa shape index (κ3) is 2.58. The number of hydrogen-bond acceptors (Lipinski definition) is 4. The number of hydrogen-bond donors (Lipinski definition) is 2. The second-order valence-corrected chi connectivity index (χ2v) is 2.66. The fourth-order valence-electron chi connectivity index (χ4n) is 0.800. The summed E-state index contributed by atoms with van der Waals surface area (Å²) in [5.41, 5.74) is 0.344. The molecule has 0 bridgehead atoms. The van der Waals surface area contributed by atoms with Crippen molar-refractivity contribution in [3.05, 3.63) is 22.8 Å². The molecule has 0 saturated heterocycles. The number of halogens is 1. The number of anilines is 1. The van der Waals surface area contributed by atoms with E-state index in [0.29, 0.717) is 17.9 Å². The van der Waals surface area contributed by atoms with Crippen LogP contribution in [0.25, 0.3) is 0 Å². The van der Waals surface area contributed by atoms with Crippen molar-refractivity contribution in [3.63, 3.8) is 0 Å². The van der Waals surface area contributed by atoms with Crippen molar-refractivity contribution in [1.82, 2.24) is 4.98 Å². The fraction of sp³-hybridized carbons (Fsp3) is 0.250. The Balaban J connectivity index is 2.79. The highest BCUT2D eigenvalue weighted by atomic mass is 35.5. The molecule has 0 aromatic carbocycles. The molecule has 0 spiro atoms. The molecule has 0 saturated carbocycles. The van der Waals surface area contributed by atoms with E-state index in [1.165, 1.54) is 0 Å². The number of nitriles is 1. The van der Waals surface area contributed by atoms with Gasteiger partial charge in [0.15, 0.2) is 0 Å². The van der Waals surface area contributed by atoms with E-state index in [0.717, 1.165) is 0 Å². The van der Waals surface area contributed by atoms with Gasteiger partial charge >= 0.3 is 0 Å². The van der Waals surface area contributed by atoms with Crippen LogP contribution >= 0.6 is 11.6 Å². The van der Waals surface area contributed by atoms with E-state index < -0.39 is 0 Å². The first kappa shape index (κ1) is 9.78. The van der Waals surface area contributed by atoms with Crippen LogP contribution in [0.3, 0.4) is 0 Å². The predicted octanol–water partition coefficient (Wildman–Crippen LogP) is 1.01. The smallest absolute Gasteiger partial charge is 0.149 e. The number of aromatic nitrogens is 1. The van der Waals surface area contributed by atoms with Crippen LogP contribution in [-0.4, -0.2) is 23.2 Å². The van der Waals surface area contributed by atoms with Gasteiger partial charge in [-0.05, 0) is 12.1 Å². The summed E-state index contributed by atoms with van der Waals surface area (Å²) in [6.45, 7) is 0.439. The van der Waals surface area contributed by atoms with Gasteiger partial charge in [-0.2, -0.15) is 5.26 Å². The Kier molecular flexibility index (Phi) is 3.50. The maximum atomic E-state index is 8.55. The molecule has 0 fully saturated rings. The van der Waals surface area contributed by atoms with Crippen LogP contribution in [0, 0.1) is 11.3 Å². The highest BCUT2D eigenvalue weighted by molar-refractivity contribution is 6.30. The van der Waals surface area contributed by atoms with Gasteiger partial charge in [-0.25, -0.2) is 4.98 Å². The molecule has 4 nitrogen and oxygen atoms in total. The highest BCUT2D eigenvalue weighted by Crippen LogP contribution is 2.14. The van der Waals surface area contributed by atoms with Gasteiger partial charge in [-0.1, -0.05) is 11.6 Å². The summed E-state index contributed by atoms with van der Waals surface area (Å²) in [6.07, 6.45) is 0. The highest BCUT2D eigenvalue weighted by Gasteiger charge is 2.01. The molecule has 0 amide bonds. The molecule has 0 atom stereocenters. The van der Waals surface area contributed by atoms with E-state index >= 15 is 0 Å². The van der Waals surface area contributed by atoms with E-state index in [1.54, 1.807) is 12.1 Å². The summed E-state index contributed by atoms with van der Waals surface area (Å²) in [7, 11) is 0. The van der Waals surface area contributed by atoms with Gasteiger partial charge in [0.25, 0.3) is 0 Å². The molecular formula is C8H8ClN3O. The lowest BCUT2D eigenvalue weighted by atomic mass is 10.3. The number of nitrogens with one attached hydrogen (secondary N) is 1. The molecule has 68 valence electrons. The molecule has 0 radical (unpaired) electrons. The van der Waals surface area contributed by atoms with E-state index in [4.69, 9.17) is 22.0 Å². The van der Waals surface area contributed by atoms with Crippen molar-refractivity contribution in [2.45, 2.75) is 0 Å². The van der Waals surface area contributed by atoms with Gasteiger partial charge < -0.3 is 10.4 Å². The predicted molar refractivity (Wildman–Crippen MR) is 49.5 cm³/mol. The van der Waals surface area contributed by atoms with Crippen LogP contribution in [0.1, 0.15) is 5.56 Å². The molecule has 0 aliphatic rings. The first-order chi connectivity index (χ1) is 6.27. The quantitative estimate of drug-likeness (QED) is 0.710. The second-order valence-electron chi connectivity index (χ2n) is 2.30. The monoisotopic (exact) mass is 197 g/mol. The van der Waals surface area contributed by atoms with E-state index in [2.05, 4.69) is 10.3 Å². The van der Waals surface area contributed by atoms with Crippen molar-refractivity contribution < 1.29 is 5.11 Å². The number of nitrogens with zero attached hydrogens (tertiary/aromatic N) is 2. The molecule has 1 aromatic rings. The van der Waals surface area contributed by atoms with Crippen LogP contribution in [-0.2, 0) is 0 Å². The standard InChI is InChI=1S/C8H8ClN3O/c9-8-6(5-10)1-2-7(12-8)11-3-4-13/h1-2,13H,3-4H2,(H,11,12). The molecule has 5 heteroatoms. The first-order valence-corrected chi connectivity index (χ1v) is 4.07. The molecule has 2 N–H and O–H groups in total. The minimum Gasteiger partial charge on any atom is -0.395 e. The normalized spacial score (nSPS) is 9.31. The van der Waals surface area contributed by atoms with E-state index in [9.17, 15) is 0 Å². The fourth-order valence-corrected chi connectivity index (χ4v) is 0.996. The SMILES string of the molecule is N#Cc1ccc(NCCO)nc1Cl. The van der Waals surface area contributed by atoms with Crippen molar-refractivity contribution in [1.29, 1.82) is 5.26 Å². The van der Waals surface area contributed by atoms with Crippen LogP contribution in [0.15, 0.2) is 12.1 Å². The second kappa shape index (κ2) is 4.65. The van der Waals surface area contributed by atoms with Crippen LogP contribution in [0.4, 0.5) is 5.82 Å². The Hall–Kier alpha value is -1.31. The largest absolute Gasteiger partial charge is 0.395 e. The lowest BCUT2D eigenvalue weighted by Crippen LogP contribution is -2.06. The average molecular weight is 198 g/mol. The van der Waals surface area contributed by atoms with Gasteiger partial charge in [0.05, 0.1) is 12.2 Å². The Labute approximate surface area is 80.8 Å². The number of rotatable bonds is 3. The molecule has 1 rings (SSSR count). The van der Waals surface area contributed by atoms with Gasteiger partial charge in [0.1, 0.15) is 17.0 Å². The third-order valence-electron chi connectivity index (χ3n) is 1.39. The summed E-state index contributed by atoms with van der Waals surface area (Å²) in [6, 6.07) is 5.12. The van der Waals surface area contributed by atoms with Gasteiger partial charge in [-0.3, -0.25) is 0 Å². The minimum atomic E-state index is 0.0271. The zero-order chi connectivity index (χ0) is 9.68. The van der Waals surface area contributed by atoms with Crippen LogP contribution < -0.4 is 5.32 Å². The zero-order valence-corrected chi connectivity index (χ0v) is 7.54. The molecule has 13 heavy (non-hydrogen) atoms. The van der Waals surface area contributed by atoms with E-state index in [1.807, 2.05) is 6.07 Å². The van der Waals surface area contributed by atoms with E-state index in [-0.39, 0.29) is 11.8 Å².